The minimum Gasteiger partial charge on any atom is -0.395 e. The van der Waals surface area contributed by atoms with Gasteiger partial charge < -0.3 is 10.0 Å². The van der Waals surface area contributed by atoms with Crippen LogP contribution in [-0.4, -0.2) is 47.1 Å². The van der Waals surface area contributed by atoms with Crippen molar-refractivity contribution in [3.63, 3.8) is 0 Å². The van der Waals surface area contributed by atoms with E-state index in [0.717, 1.165) is 25.1 Å². The zero-order chi connectivity index (χ0) is 13.9. The summed E-state index contributed by atoms with van der Waals surface area (Å²) < 4.78 is 0. The van der Waals surface area contributed by atoms with Gasteiger partial charge in [0.1, 0.15) is 0 Å². The summed E-state index contributed by atoms with van der Waals surface area (Å²) in [4.78, 5) is 13.7. The summed E-state index contributed by atoms with van der Waals surface area (Å²) in [5.74, 6) is 1.59. The van der Waals surface area contributed by atoms with E-state index in [1.54, 1.807) is 16.7 Å². The zero-order valence-electron chi connectivity index (χ0n) is 11.5. The number of benzene rings is 1. The first-order chi connectivity index (χ1) is 9.27. The van der Waals surface area contributed by atoms with E-state index in [2.05, 4.69) is 12.1 Å². The van der Waals surface area contributed by atoms with E-state index >= 15 is 0 Å². The second-order valence-electron chi connectivity index (χ2n) is 4.39. The Bertz CT molecular complexity index is 350. The van der Waals surface area contributed by atoms with E-state index in [0.29, 0.717) is 12.3 Å². The fourth-order valence-electron chi connectivity index (χ4n) is 1.84. The van der Waals surface area contributed by atoms with Crippen molar-refractivity contribution in [3.05, 3.63) is 35.9 Å². The summed E-state index contributed by atoms with van der Waals surface area (Å²) >= 11 is 1.66. The van der Waals surface area contributed by atoms with Gasteiger partial charge in [0.25, 0.3) is 0 Å². The molecule has 19 heavy (non-hydrogen) atoms. The van der Waals surface area contributed by atoms with Crippen molar-refractivity contribution in [2.45, 2.75) is 19.8 Å². The minimum atomic E-state index is 0.0421. The van der Waals surface area contributed by atoms with Crippen molar-refractivity contribution in [1.82, 2.24) is 4.90 Å². The third-order valence-corrected chi connectivity index (χ3v) is 3.76. The molecule has 0 aliphatic heterocycles. The molecule has 0 saturated carbocycles. The Kier molecular flexibility index (Phi) is 8.34. The van der Waals surface area contributed by atoms with Gasteiger partial charge in [0.2, 0.25) is 5.91 Å². The predicted molar refractivity (Wildman–Crippen MR) is 81.4 cm³/mol. The Hall–Kier alpha value is -1.00. The summed E-state index contributed by atoms with van der Waals surface area (Å²) in [6.07, 6.45) is 1.92. The van der Waals surface area contributed by atoms with Gasteiger partial charge in [-0.15, -0.1) is 0 Å². The van der Waals surface area contributed by atoms with Gasteiger partial charge in [-0.25, -0.2) is 0 Å². The number of hydrogen-bond acceptors (Lipinski definition) is 3. The van der Waals surface area contributed by atoms with Crippen molar-refractivity contribution in [1.29, 1.82) is 0 Å². The molecule has 0 aromatic heterocycles. The molecule has 1 aromatic carbocycles. The van der Waals surface area contributed by atoms with E-state index < -0.39 is 0 Å². The number of thioether (sulfide) groups is 1. The van der Waals surface area contributed by atoms with Gasteiger partial charge in [0, 0.05) is 13.1 Å². The molecule has 0 aliphatic rings. The zero-order valence-corrected chi connectivity index (χ0v) is 12.4. The van der Waals surface area contributed by atoms with Crippen molar-refractivity contribution < 1.29 is 9.90 Å². The Labute approximate surface area is 120 Å². The lowest BCUT2D eigenvalue weighted by Crippen LogP contribution is -2.35. The molecule has 0 heterocycles. The largest absolute Gasteiger partial charge is 0.395 e. The SMILES string of the molecule is CCCN(CCO)C(=O)CSCCc1ccccc1. The molecule has 0 aliphatic carbocycles. The molecular formula is C15H23NO2S. The molecule has 0 fully saturated rings. The first-order valence-corrected chi connectivity index (χ1v) is 7.93. The molecule has 1 rings (SSSR count). The molecule has 0 spiro atoms. The smallest absolute Gasteiger partial charge is 0.232 e. The number of carbonyl (C=O) groups is 1. The molecule has 106 valence electrons. The lowest BCUT2D eigenvalue weighted by Gasteiger charge is -2.20. The number of aliphatic hydroxyl groups is 1. The fraction of sp³-hybridized carbons (Fsp3) is 0.533. The normalized spacial score (nSPS) is 10.4. The fourth-order valence-corrected chi connectivity index (χ4v) is 2.72. The lowest BCUT2D eigenvalue weighted by atomic mass is 10.2. The minimum absolute atomic E-state index is 0.0421. The standard InChI is InChI=1S/C15H23NO2S/c1-2-9-16(10-11-17)15(18)13-19-12-8-14-6-4-3-5-7-14/h3-7,17H,2,8-13H2,1H3. The second kappa shape index (κ2) is 9.87. The third kappa shape index (κ3) is 6.64. The van der Waals surface area contributed by atoms with Crippen molar-refractivity contribution >= 4 is 17.7 Å². The van der Waals surface area contributed by atoms with Crippen molar-refractivity contribution in [3.8, 4) is 0 Å². The van der Waals surface area contributed by atoms with Crippen LogP contribution in [0.1, 0.15) is 18.9 Å². The topological polar surface area (TPSA) is 40.5 Å². The molecular weight excluding hydrogens is 258 g/mol. The van der Waals surface area contributed by atoms with Crippen LogP contribution in [0.15, 0.2) is 30.3 Å². The van der Waals surface area contributed by atoms with Crippen LogP contribution in [0, 0.1) is 0 Å². The number of carbonyl (C=O) groups excluding carboxylic acids is 1. The molecule has 0 saturated heterocycles. The Morgan fingerprint density at radius 2 is 2.00 bits per heavy atom. The average Bonchev–Trinajstić information content (AvgIpc) is 2.44. The molecule has 1 N–H and O–H groups in total. The van der Waals surface area contributed by atoms with Gasteiger partial charge in [0.05, 0.1) is 12.4 Å². The van der Waals surface area contributed by atoms with E-state index in [1.807, 2.05) is 25.1 Å². The van der Waals surface area contributed by atoms with Gasteiger partial charge in [-0.3, -0.25) is 4.79 Å². The first-order valence-electron chi connectivity index (χ1n) is 6.78. The first kappa shape index (κ1) is 16.1. The Morgan fingerprint density at radius 3 is 2.63 bits per heavy atom. The van der Waals surface area contributed by atoms with Gasteiger partial charge in [0.15, 0.2) is 0 Å². The summed E-state index contributed by atoms with van der Waals surface area (Å²) in [5.41, 5.74) is 1.31. The van der Waals surface area contributed by atoms with E-state index in [-0.39, 0.29) is 12.5 Å². The Balaban J connectivity index is 2.22. The number of nitrogens with zero attached hydrogens (tertiary/aromatic N) is 1. The molecule has 1 amide bonds. The number of aryl methyl sites for hydroxylation is 1. The monoisotopic (exact) mass is 281 g/mol. The second-order valence-corrected chi connectivity index (χ2v) is 5.50. The number of hydrogen-bond donors (Lipinski definition) is 1. The summed E-state index contributed by atoms with van der Waals surface area (Å²) in [5, 5.41) is 8.93. The molecule has 0 radical (unpaired) electrons. The van der Waals surface area contributed by atoms with Crippen LogP contribution in [0.2, 0.25) is 0 Å². The Morgan fingerprint density at radius 1 is 1.26 bits per heavy atom. The lowest BCUT2D eigenvalue weighted by molar-refractivity contribution is -0.128. The predicted octanol–water partition coefficient (Wildman–Crippen LogP) is 2.19. The maximum atomic E-state index is 11.9. The van der Waals surface area contributed by atoms with Crippen molar-refractivity contribution in [2.75, 3.05) is 31.2 Å². The highest BCUT2D eigenvalue weighted by Crippen LogP contribution is 2.08. The van der Waals surface area contributed by atoms with E-state index in [9.17, 15) is 4.79 Å². The van der Waals surface area contributed by atoms with Crippen LogP contribution in [-0.2, 0) is 11.2 Å². The number of amides is 1. The highest BCUT2D eigenvalue weighted by molar-refractivity contribution is 7.99. The maximum absolute atomic E-state index is 11.9. The summed E-state index contributed by atoms with van der Waals surface area (Å²) in [6.45, 7) is 3.27. The van der Waals surface area contributed by atoms with Crippen LogP contribution < -0.4 is 0 Å². The van der Waals surface area contributed by atoms with Gasteiger partial charge in [-0.2, -0.15) is 11.8 Å². The van der Waals surface area contributed by atoms with Gasteiger partial charge >= 0.3 is 0 Å². The number of aliphatic hydroxyl groups excluding tert-OH is 1. The summed E-state index contributed by atoms with van der Waals surface area (Å²) in [6, 6.07) is 10.3. The van der Waals surface area contributed by atoms with Crippen LogP contribution in [0.5, 0.6) is 0 Å². The molecule has 4 heteroatoms. The van der Waals surface area contributed by atoms with Crippen LogP contribution in [0.25, 0.3) is 0 Å². The molecule has 0 bridgehead atoms. The molecule has 0 atom stereocenters. The van der Waals surface area contributed by atoms with Gasteiger partial charge in [-0.05, 0) is 24.2 Å². The molecule has 0 unspecified atom stereocenters. The quantitative estimate of drug-likeness (QED) is 0.705. The molecule has 3 nitrogen and oxygen atoms in total. The average molecular weight is 281 g/mol. The maximum Gasteiger partial charge on any atom is 0.232 e. The van der Waals surface area contributed by atoms with Crippen LogP contribution in [0.4, 0.5) is 0 Å². The van der Waals surface area contributed by atoms with Crippen LogP contribution in [0.3, 0.4) is 0 Å². The molecule has 1 aromatic rings. The van der Waals surface area contributed by atoms with E-state index in [4.69, 9.17) is 5.11 Å². The highest BCUT2D eigenvalue weighted by Gasteiger charge is 2.11. The highest BCUT2D eigenvalue weighted by atomic mass is 32.2. The number of rotatable bonds is 9. The van der Waals surface area contributed by atoms with Crippen LogP contribution >= 0.6 is 11.8 Å². The third-order valence-electron chi connectivity index (χ3n) is 2.82. The van der Waals surface area contributed by atoms with Crippen molar-refractivity contribution in [2.24, 2.45) is 0 Å². The van der Waals surface area contributed by atoms with E-state index in [1.165, 1.54) is 5.56 Å². The summed E-state index contributed by atoms with van der Waals surface area (Å²) in [7, 11) is 0. The van der Waals surface area contributed by atoms with Gasteiger partial charge in [-0.1, -0.05) is 37.3 Å².